The molecule has 116 valence electrons. The molecule has 1 aliphatic heterocycles. The van der Waals surface area contributed by atoms with E-state index in [1.54, 1.807) is 0 Å². The van der Waals surface area contributed by atoms with Crippen molar-refractivity contribution in [2.75, 3.05) is 13.1 Å². The van der Waals surface area contributed by atoms with Gasteiger partial charge in [0.15, 0.2) is 0 Å². The van der Waals surface area contributed by atoms with E-state index in [0.29, 0.717) is 0 Å². The predicted molar refractivity (Wildman–Crippen MR) is 71.8 cm³/mol. The molecule has 0 atom stereocenters. The lowest BCUT2D eigenvalue weighted by molar-refractivity contribution is -0.0953. The zero-order valence-corrected chi connectivity index (χ0v) is 12.7. The predicted octanol–water partition coefficient (Wildman–Crippen LogP) is 3.27. The maximum atomic E-state index is 12.5. The lowest BCUT2D eigenvalue weighted by atomic mass is 10.1. The summed E-state index contributed by atoms with van der Waals surface area (Å²) in [4.78, 5) is 3.42. The highest BCUT2D eigenvalue weighted by Gasteiger charge is 2.37. The number of nitrogens with zero attached hydrogens (tertiary/aromatic N) is 2. The number of aromatic nitrogens is 1. The second-order valence-electron chi connectivity index (χ2n) is 4.28. The average molecular weight is 361 g/mol. The third-order valence-electron chi connectivity index (χ3n) is 2.94. The van der Waals surface area contributed by atoms with Crippen LogP contribution in [0.4, 0.5) is 13.2 Å². The molecular weight excluding hydrogens is 352 g/mol. The third-order valence-corrected chi connectivity index (χ3v) is 5.46. The highest BCUT2D eigenvalue weighted by Crippen LogP contribution is 2.32. The van der Waals surface area contributed by atoms with Crippen LogP contribution in [0, 0.1) is 0 Å². The van der Waals surface area contributed by atoms with Gasteiger partial charge in [-0.2, -0.15) is 17.5 Å². The quantitative estimate of drug-likeness (QED) is 0.600. The van der Waals surface area contributed by atoms with Gasteiger partial charge in [-0.3, -0.25) is 0 Å². The number of hydrogen-bond acceptors (Lipinski definition) is 3. The Morgan fingerprint density at radius 3 is 2.43 bits per heavy atom. The molecule has 0 aliphatic carbocycles. The summed E-state index contributed by atoms with van der Waals surface area (Å²) < 4.78 is 63.0. The Balaban J connectivity index is 2.26. The molecule has 10 heteroatoms. The monoisotopic (exact) mass is 360 g/mol. The van der Waals surface area contributed by atoms with Crippen molar-refractivity contribution in [3.63, 3.8) is 0 Å². The van der Waals surface area contributed by atoms with Crippen molar-refractivity contribution < 1.29 is 21.6 Å². The van der Waals surface area contributed by atoms with Gasteiger partial charge in [0.2, 0.25) is 10.0 Å². The number of sulfonamides is 1. The fourth-order valence-corrected chi connectivity index (χ4v) is 3.51. The van der Waals surface area contributed by atoms with Gasteiger partial charge in [-0.15, -0.1) is 0 Å². The van der Waals surface area contributed by atoms with Crippen LogP contribution in [0.1, 0.15) is 6.42 Å². The van der Waals surface area contributed by atoms with E-state index in [1.165, 1.54) is 0 Å². The molecule has 2 heterocycles. The summed E-state index contributed by atoms with van der Waals surface area (Å²) in [6.07, 6.45) is -2.93. The molecule has 0 saturated carbocycles. The molecule has 2 rings (SSSR count). The van der Waals surface area contributed by atoms with Crippen molar-refractivity contribution in [1.29, 1.82) is 0 Å². The normalized spacial score (nSPS) is 17.7. The van der Waals surface area contributed by atoms with Gasteiger partial charge >= 0.3 is 6.18 Å². The van der Waals surface area contributed by atoms with E-state index in [0.717, 1.165) is 22.6 Å². The van der Waals surface area contributed by atoms with E-state index in [2.05, 4.69) is 4.98 Å². The minimum Gasteiger partial charge on any atom is -0.242 e. The number of hydrogen-bond donors (Lipinski definition) is 0. The Hall–Kier alpha value is -0.830. The van der Waals surface area contributed by atoms with E-state index < -0.39 is 28.2 Å². The Labute approximate surface area is 129 Å². The molecular formula is C11H9Cl2F3N2O2S. The third kappa shape index (κ3) is 3.50. The first kappa shape index (κ1) is 16.5. The van der Waals surface area contributed by atoms with Crippen LogP contribution in [0.5, 0.6) is 0 Å². The SMILES string of the molecule is O=S(=O)(c1cnc(Cl)c(Cl)c1)N1CC=C(C(F)(F)F)CC1. The van der Waals surface area contributed by atoms with Gasteiger partial charge in [0, 0.05) is 24.9 Å². The van der Waals surface area contributed by atoms with Crippen molar-refractivity contribution in [3.05, 3.63) is 34.1 Å². The molecule has 0 saturated heterocycles. The van der Waals surface area contributed by atoms with Crippen LogP contribution < -0.4 is 0 Å². The second kappa shape index (κ2) is 5.75. The smallest absolute Gasteiger partial charge is 0.242 e. The van der Waals surface area contributed by atoms with Crippen LogP contribution in [0.3, 0.4) is 0 Å². The zero-order chi connectivity index (χ0) is 15.8. The lowest BCUT2D eigenvalue weighted by Gasteiger charge is -2.26. The number of rotatable bonds is 2. The van der Waals surface area contributed by atoms with Gasteiger partial charge < -0.3 is 0 Å². The first-order valence-corrected chi connectivity index (χ1v) is 7.89. The summed E-state index contributed by atoms with van der Waals surface area (Å²) in [6.45, 7) is -0.606. The highest BCUT2D eigenvalue weighted by atomic mass is 35.5. The molecule has 0 fully saturated rings. The fraction of sp³-hybridized carbons (Fsp3) is 0.364. The van der Waals surface area contributed by atoms with Gasteiger partial charge in [0.05, 0.1) is 5.02 Å². The van der Waals surface area contributed by atoms with E-state index >= 15 is 0 Å². The van der Waals surface area contributed by atoms with Crippen LogP contribution in [0.15, 0.2) is 28.8 Å². The largest absolute Gasteiger partial charge is 0.412 e. The molecule has 0 radical (unpaired) electrons. The van der Waals surface area contributed by atoms with Crippen molar-refractivity contribution in [2.45, 2.75) is 17.5 Å². The van der Waals surface area contributed by atoms with Crippen LogP contribution in [0.2, 0.25) is 10.2 Å². The Kier molecular flexibility index (Phi) is 4.53. The fourth-order valence-electron chi connectivity index (χ4n) is 1.82. The first-order chi connectivity index (χ1) is 9.62. The zero-order valence-electron chi connectivity index (χ0n) is 10.4. The van der Waals surface area contributed by atoms with Gasteiger partial charge in [-0.25, -0.2) is 13.4 Å². The van der Waals surface area contributed by atoms with Gasteiger partial charge in [-0.1, -0.05) is 29.3 Å². The van der Waals surface area contributed by atoms with Crippen molar-refractivity contribution in [3.8, 4) is 0 Å². The summed E-state index contributed by atoms with van der Waals surface area (Å²) in [5, 5.41) is -0.0882. The van der Waals surface area contributed by atoms with Crippen LogP contribution in [-0.2, 0) is 10.0 Å². The molecule has 4 nitrogen and oxygen atoms in total. The summed E-state index contributed by atoms with van der Waals surface area (Å²) in [5.74, 6) is 0. The molecule has 21 heavy (non-hydrogen) atoms. The Morgan fingerprint density at radius 1 is 1.29 bits per heavy atom. The first-order valence-electron chi connectivity index (χ1n) is 5.70. The standard InChI is InChI=1S/C11H9Cl2F3N2O2S/c12-9-5-8(6-17-10(9)13)21(19,20)18-3-1-7(2-4-18)11(14,15)16/h1,5-6H,2-4H2. The van der Waals surface area contributed by atoms with Gasteiger partial charge in [-0.05, 0) is 12.5 Å². The lowest BCUT2D eigenvalue weighted by Crippen LogP contribution is -2.36. The second-order valence-corrected chi connectivity index (χ2v) is 6.99. The molecule has 1 aliphatic rings. The maximum Gasteiger partial charge on any atom is 0.412 e. The van der Waals surface area contributed by atoms with Crippen LogP contribution >= 0.6 is 23.2 Å². The summed E-state index contributed by atoms with van der Waals surface area (Å²) in [6, 6.07) is 1.12. The number of pyridine rings is 1. The van der Waals surface area contributed by atoms with Gasteiger partial charge in [0.25, 0.3) is 0 Å². The molecule has 0 aromatic carbocycles. The van der Waals surface area contributed by atoms with Crippen molar-refractivity contribution in [1.82, 2.24) is 9.29 Å². The molecule has 1 aromatic rings. The van der Waals surface area contributed by atoms with E-state index in [4.69, 9.17) is 23.2 Å². The van der Waals surface area contributed by atoms with Gasteiger partial charge in [0.1, 0.15) is 10.0 Å². The van der Waals surface area contributed by atoms with Crippen molar-refractivity contribution >= 4 is 33.2 Å². The molecule has 0 spiro atoms. The summed E-state index contributed by atoms with van der Waals surface area (Å²) >= 11 is 11.3. The molecule has 0 unspecified atom stereocenters. The Morgan fingerprint density at radius 2 is 1.95 bits per heavy atom. The van der Waals surface area contributed by atoms with Crippen LogP contribution in [-0.4, -0.2) is 37.0 Å². The topological polar surface area (TPSA) is 50.3 Å². The number of halogens is 5. The maximum absolute atomic E-state index is 12.5. The minimum atomic E-state index is -4.43. The molecule has 1 aromatic heterocycles. The Bertz CT molecular complexity index is 689. The average Bonchev–Trinajstić information content (AvgIpc) is 2.41. The van der Waals surface area contributed by atoms with Crippen molar-refractivity contribution in [2.24, 2.45) is 0 Å². The molecule has 0 amide bonds. The molecule has 0 N–H and O–H groups in total. The van der Waals surface area contributed by atoms with E-state index in [-0.39, 0.29) is 28.2 Å². The molecule has 0 bridgehead atoms. The number of alkyl halides is 3. The van der Waals surface area contributed by atoms with E-state index in [1.807, 2.05) is 0 Å². The summed E-state index contributed by atoms with van der Waals surface area (Å²) in [7, 11) is -3.95. The van der Waals surface area contributed by atoms with Crippen LogP contribution in [0.25, 0.3) is 0 Å². The minimum absolute atomic E-state index is 0.0405. The summed E-state index contributed by atoms with van der Waals surface area (Å²) in [5.41, 5.74) is -0.721. The van der Waals surface area contributed by atoms with E-state index in [9.17, 15) is 21.6 Å². The highest BCUT2D eigenvalue weighted by molar-refractivity contribution is 7.89.